The summed E-state index contributed by atoms with van der Waals surface area (Å²) in [7, 11) is 1.69. The molecule has 0 aromatic carbocycles. The van der Waals surface area contributed by atoms with Crippen LogP contribution in [0.15, 0.2) is 21.5 Å². The van der Waals surface area contributed by atoms with E-state index in [-0.39, 0.29) is 36.2 Å². The Morgan fingerprint density at radius 1 is 1.32 bits per heavy atom. The number of amides is 2. The fourth-order valence-corrected chi connectivity index (χ4v) is 7.07. The summed E-state index contributed by atoms with van der Waals surface area (Å²) in [6, 6.07) is -0.241. The summed E-state index contributed by atoms with van der Waals surface area (Å²) in [6.45, 7) is 2.73. The van der Waals surface area contributed by atoms with Crippen LogP contribution < -0.4 is 0 Å². The molecule has 2 amide bonds. The summed E-state index contributed by atoms with van der Waals surface area (Å²) < 4.78 is 10.5. The maximum absolute atomic E-state index is 13.1. The highest BCUT2D eigenvalue weighted by molar-refractivity contribution is 8.06. The zero-order valence-corrected chi connectivity index (χ0v) is 22.8. The van der Waals surface area contributed by atoms with E-state index < -0.39 is 30.9 Å². The van der Waals surface area contributed by atoms with Crippen LogP contribution in [0.3, 0.4) is 0 Å². The summed E-state index contributed by atoms with van der Waals surface area (Å²) >= 11 is 2.66. The lowest BCUT2D eigenvalue weighted by Crippen LogP contribution is -2.63. The van der Waals surface area contributed by atoms with Gasteiger partial charge in [-0.2, -0.15) is 0 Å². The standard InChI is InChI=1S/C25H33N3O7S2/c1-14-20-19(15(2)30)23(31)28(20)21(22(14)36-10-9-18-17(11-29)26-12-37-18)24(32)34-13-35-25(33)27(3)16-7-5-4-6-8-16/h9-10,12,14-16,19-20,29-30H,4-8,11,13H2,1-3H3/b10-9-/t14-,15-,19-,20-/m1/s1. The summed E-state index contributed by atoms with van der Waals surface area (Å²) in [5.41, 5.74) is 2.31. The highest BCUT2D eigenvalue weighted by atomic mass is 32.2. The van der Waals surface area contributed by atoms with Gasteiger partial charge in [-0.3, -0.25) is 4.79 Å². The van der Waals surface area contributed by atoms with Crippen molar-refractivity contribution in [2.75, 3.05) is 13.8 Å². The van der Waals surface area contributed by atoms with Gasteiger partial charge in [0.1, 0.15) is 5.70 Å². The van der Waals surface area contributed by atoms with Crippen molar-refractivity contribution in [3.63, 3.8) is 0 Å². The second-order valence-electron chi connectivity index (χ2n) is 9.57. The van der Waals surface area contributed by atoms with Crippen LogP contribution in [0.1, 0.15) is 56.5 Å². The summed E-state index contributed by atoms with van der Waals surface area (Å²) in [6.07, 6.45) is 5.55. The van der Waals surface area contributed by atoms with E-state index in [1.165, 1.54) is 34.4 Å². The molecule has 202 valence electrons. The third kappa shape index (κ3) is 5.57. The second kappa shape index (κ2) is 12.0. The van der Waals surface area contributed by atoms with Crippen LogP contribution in [0.4, 0.5) is 4.79 Å². The number of hydrogen-bond acceptors (Lipinski definition) is 10. The Morgan fingerprint density at radius 3 is 2.73 bits per heavy atom. The maximum Gasteiger partial charge on any atom is 0.412 e. The molecule has 2 fully saturated rings. The van der Waals surface area contributed by atoms with Gasteiger partial charge >= 0.3 is 12.1 Å². The molecule has 37 heavy (non-hydrogen) atoms. The lowest BCUT2D eigenvalue weighted by molar-refractivity contribution is -0.166. The van der Waals surface area contributed by atoms with Crippen molar-refractivity contribution in [2.45, 2.75) is 70.7 Å². The topological polar surface area (TPSA) is 130 Å². The molecule has 0 radical (unpaired) electrons. The second-order valence-corrected chi connectivity index (χ2v) is 11.4. The Morgan fingerprint density at radius 2 is 2.05 bits per heavy atom. The summed E-state index contributed by atoms with van der Waals surface area (Å²) in [5.74, 6) is -1.92. The van der Waals surface area contributed by atoms with Crippen LogP contribution >= 0.6 is 23.1 Å². The fraction of sp³-hybridized carbons (Fsp3) is 0.600. The number of carbonyl (C=O) groups is 3. The van der Waals surface area contributed by atoms with Crippen LogP contribution in [0, 0.1) is 11.8 Å². The summed E-state index contributed by atoms with van der Waals surface area (Å²) in [4.78, 5) is 46.9. The zero-order chi connectivity index (χ0) is 26.7. The highest BCUT2D eigenvalue weighted by Gasteiger charge is 2.60. The highest BCUT2D eigenvalue weighted by Crippen LogP contribution is 2.51. The van der Waals surface area contributed by atoms with Crippen LogP contribution in [0.2, 0.25) is 0 Å². The average molecular weight is 552 g/mol. The van der Waals surface area contributed by atoms with E-state index in [1.807, 2.05) is 6.92 Å². The minimum absolute atomic E-state index is 0.109. The molecule has 4 atom stereocenters. The van der Waals surface area contributed by atoms with E-state index in [0.29, 0.717) is 10.6 Å². The SMILES string of the molecule is C[C@@H](O)[C@H]1C(=O)N2C(C(=O)OCOC(=O)N(C)C3CCCCC3)=C(S/C=C\c3scnc3CO)[C@H](C)[C@H]12. The first-order valence-corrected chi connectivity index (χ1v) is 14.2. The van der Waals surface area contributed by atoms with Crippen LogP contribution in [0.5, 0.6) is 0 Å². The molecule has 1 aromatic heterocycles. The van der Waals surface area contributed by atoms with E-state index in [4.69, 9.17) is 9.47 Å². The third-order valence-corrected chi connectivity index (χ3v) is 9.25. The van der Waals surface area contributed by atoms with Gasteiger partial charge < -0.3 is 29.5 Å². The first-order chi connectivity index (χ1) is 17.8. The molecule has 10 nitrogen and oxygen atoms in total. The van der Waals surface area contributed by atoms with E-state index >= 15 is 0 Å². The van der Waals surface area contributed by atoms with Gasteiger partial charge in [-0.05, 0) is 31.2 Å². The normalized spacial score (nSPS) is 24.7. The Kier molecular flexibility index (Phi) is 8.94. The van der Waals surface area contributed by atoms with Crippen molar-refractivity contribution >= 4 is 47.1 Å². The molecule has 1 aliphatic carbocycles. The van der Waals surface area contributed by atoms with Gasteiger partial charge in [0, 0.05) is 23.9 Å². The fourth-order valence-electron chi connectivity index (χ4n) is 5.29. The molecule has 0 spiro atoms. The average Bonchev–Trinajstić information content (AvgIpc) is 3.44. The first kappa shape index (κ1) is 27.6. The van der Waals surface area contributed by atoms with Crippen LogP contribution in [0.25, 0.3) is 6.08 Å². The van der Waals surface area contributed by atoms with Crippen molar-refractivity contribution in [2.24, 2.45) is 11.8 Å². The molecular weight excluding hydrogens is 518 g/mol. The predicted octanol–water partition coefficient (Wildman–Crippen LogP) is 3.31. The number of thiazole rings is 1. The lowest BCUT2D eigenvalue weighted by Gasteiger charge is -2.46. The zero-order valence-electron chi connectivity index (χ0n) is 21.2. The van der Waals surface area contributed by atoms with E-state index in [1.54, 1.807) is 35.9 Å². The number of nitrogens with zero attached hydrogens (tertiary/aromatic N) is 3. The minimum atomic E-state index is -0.853. The number of fused-ring (bicyclic) bond motifs is 1. The van der Waals surface area contributed by atoms with E-state index in [0.717, 1.165) is 30.6 Å². The molecule has 0 bridgehead atoms. The van der Waals surface area contributed by atoms with Crippen molar-refractivity contribution in [3.05, 3.63) is 32.1 Å². The Balaban J connectivity index is 1.45. The van der Waals surface area contributed by atoms with Crippen molar-refractivity contribution < 1.29 is 34.1 Å². The quantitative estimate of drug-likeness (QED) is 0.270. The van der Waals surface area contributed by atoms with Crippen LogP contribution in [-0.4, -0.2) is 75.0 Å². The van der Waals surface area contributed by atoms with Gasteiger partial charge in [0.05, 0.1) is 40.8 Å². The number of ether oxygens (including phenoxy) is 2. The third-order valence-electron chi connectivity index (χ3n) is 7.32. The first-order valence-electron chi connectivity index (χ1n) is 12.4. The molecule has 1 aromatic rings. The molecule has 0 unspecified atom stereocenters. The Labute approximate surface area is 224 Å². The number of aliphatic hydroxyl groups excluding tert-OH is 2. The van der Waals surface area contributed by atoms with Crippen molar-refractivity contribution in [1.82, 2.24) is 14.8 Å². The largest absolute Gasteiger partial charge is 0.423 e. The smallest absolute Gasteiger partial charge is 0.412 e. The van der Waals surface area contributed by atoms with Crippen molar-refractivity contribution in [1.29, 1.82) is 0 Å². The monoisotopic (exact) mass is 551 g/mol. The van der Waals surface area contributed by atoms with Gasteiger partial charge in [0.15, 0.2) is 0 Å². The van der Waals surface area contributed by atoms with Gasteiger partial charge in [-0.1, -0.05) is 37.9 Å². The summed E-state index contributed by atoms with van der Waals surface area (Å²) in [5, 5.41) is 21.3. The number of β-lactam (4-membered cyclic amide) rings is 1. The molecule has 3 aliphatic rings. The predicted molar refractivity (Wildman–Crippen MR) is 139 cm³/mol. The number of aliphatic hydroxyl groups is 2. The minimum Gasteiger partial charge on any atom is -0.423 e. The molecule has 3 heterocycles. The molecular formula is C25H33N3O7S2. The number of rotatable bonds is 9. The molecule has 2 N–H and O–H groups in total. The van der Waals surface area contributed by atoms with E-state index in [9.17, 15) is 24.6 Å². The lowest BCUT2D eigenvalue weighted by atomic mass is 9.79. The van der Waals surface area contributed by atoms with Gasteiger partial charge in [0.25, 0.3) is 0 Å². The molecule has 12 heteroatoms. The van der Waals surface area contributed by atoms with Gasteiger partial charge in [-0.15, -0.1) is 11.3 Å². The van der Waals surface area contributed by atoms with Gasteiger partial charge in [-0.25, -0.2) is 14.6 Å². The maximum atomic E-state index is 13.1. The molecule has 1 saturated carbocycles. The molecule has 2 aliphatic heterocycles. The van der Waals surface area contributed by atoms with Crippen LogP contribution in [-0.2, 0) is 25.7 Å². The number of hydrogen-bond donors (Lipinski definition) is 2. The number of aromatic nitrogens is 1. The van der Waals surface area contributed by atoms with Crippen molar-refractivity contribution in [3.8, 4) is 0 Å². The molecule has 4 rings (SSSR count). The number of carbonyl (C=O) groups excluding carboxylic acids is 3. The molecule has 1 saturated heterocycles. The number of thioether (sulfide) groups is 1. The van der Waals surface area contributed by atoms with E-state index in [2.05, 4.69) is 4.98 Å². The Hall–Kier alpha value is -2.41. The van der Waals surface area contributed by atoms with Gasteiger partial charge in [0.2, 0.25) is 12.7 Å². The Bertz CT molecular complexity index is 1080. The number of esters is 1.